The molecule has 4 aromatic rings. The monoisotopic (exact) mass is 634 g/mol. The van der Waals surface area contributed by atoms with E-state index in [2.05, 4.69) is 32.2 Å². The topological polar surface area (TPSA) is 147 Å². The fourth-order valence-corrected chi connectivity index (χ4v) is 7.00. The van der Waals surface area contributed by atoms with E-state index in [1.54, 1.807) is 22.3 Å². The molecule has 3 aromatic heterocycles. The highest BCUT2D eigenvalue weighted by atomic mass is 32.1. The molecule has 5 heterocycles. The second kappa shape index (κ2) is 13.1. The number of imidazole rings is 1. The summed E-state index contributed by atoms with van der Waals surface area (Å²) in [4.78, 5) is 44.6. The molecule has 2 amide bonds. The van der Waals surface area contributed by atoms with Gasteiger partial charge < -0.3 is 33.9 Å². The molecule has 2 fully saturated rings. The zero-order valence-corrected chi connectivity index (χ0v) is 26.6. The number of hydrogen-bond acceptors (Lipinski definition) is 10. The first kappa shape index (κ1) is 30.9. The minimum atomic E-state index is -0.732. The van der Waals surface area contributed by atoms with Crippen molar-refractivity contribution in [2.45, 2.75) is 64.3 Å². The summed E-state index contributed by atoms with van der Waals surface area (Å²) in [6, 6.07) is 9.21. The summed E-state index contributed by atoms with van der Waals surface area (Å²) in [5.74, 6) is -0.00860. The standard InChI is InChI=1S/C32H38N6O6S/c1-18(2)28(26-12-27(42-4)36-44-26)32(41)38-15-23(39)11-25(38)30-33-13-24(35-30)31(40)37(22-9-10-43-16-22)14-20-5-7-21(8-6-20)29-19(3)34-17-45-29/h5-8,12-13,17-18,22-23,25,28,39H,9-11,14-16H2,1-4H3,(H,33,35)/t22?,23-,25+,28?/m1/s1. The van der Waals surface area contributed by atoms with E-state index in [1.165, 1.54) is 13.3 Å². The highest BCUT2D eigenvalue weighted by Crippen LogP contribution is 2.37. The number of aliphatic hydroxyl groups excluding tert-OH is 1. The zero-order chi connectivity index (χ0) is 31.7. The van der Waals surface area contributed by atoms with Crippen LogP contribution in [0.3, 0.4) is 0 Å². The van der Waals surface area contributed by atoms with Crippen molar-refractivity contribution < 1.29 is 28.7 Å². The number of benzene rings is 1. The molecule has 0 aliphatic carbocycles. The Labute approximate surface area is 265 Å². The molecule has 45 heavy (non-hydrogen) atoms. The number of carbonyl (C=O) groups is 2. The normalized spacial score (nSPS) is 20.6. The molecule has 0 bridgehead atoms. The SMILES string of the molecule is COc1cc(C(C(=O)N2C[C@H](O)C[C@H]2c2ncc(C(=O)N(Cc3ccc(-c4scnc4C)cc3)C3CCOC3)[nH]2)C(C)C)on1. The largest absolute Gasteiger partial charge is 0.479 e. The number of hydrogen-bond donors (Lipinski definition) is 2. The molecule has 13 heteroatoms. The Morgan fingerprint density at radius 1 is 1.24 bits per heavy atom. The van der Waals surface area contributed by atoms with E-state index in [1.807, 2.05) is 43.3 Å². The van der Waals surface area contributed by atoms with Crippen molar-refractivity contribution in [3.63, 3.8) is 0 Å². The highest BCUT2D eigenvalue weighted by Gasteiger charge is 2.42. The minimum absolute atomic E-state index is 0.0789. The zero-order valence-electron chi connectivity index (χ0n) is 25.8. The van der Waals surface area contributed by atoms with Gasteiger partial charge in [-0.3, -0.25) is 9.59 Å². The van der Waals surface area contributed by atoms with Crippen LogP contribution in [0.25, 0.3) is 10.4 Å². The molecule has 0 saturated carbocycles. The van der Waals surface area contributed by atoms with Crippen LogP contribution in [0.1, 0.15) is 72.0 Å². The van der Waals surface area contributed by atoms with Gasteiger partial charge >= 0.3 is 0 Å². The van der Waals surface area contributed by atoms with Crippen molar-refractivity contribution in [3.05, 3.63) is 70.6 Å². The molecule has 12 nitrogen and oxygen atoms in total. The third kappa shape index (κ3) is 6.37. The smallest absolute Gasteiger partial charge is 0.272 e. The maximum Gasteiger partial charge on any atom is 0.272 e. The molecule has 2 unspecified atom stereocenters. The number of thiazole rings is 1. The van der Waals surface area contributed by atoms with Crippen LogP contribution in [0.5, 0.6) is 5.88 Å². The summed E-state index contributed by atoms with van der Waals surface area (Å²) in [6.07, 6.45) is 1.82. The van der Waals surface area contributed by atoms with Gasteiger partial charge in [-0.15, -0.1) is 11.3 Å². The maximum atomic E-state index is 14.0. The number of nitrogens with one attached hydrogen (secondary N) is 1. The van der Waals surface area contributed by atoms with Gasteiger partial charge in [0.1, 0.15) is 17.4 Å². The Kier molecular flexibility index (Phi) is 9.02. The molecule has 4 atom stereocenters. The van der Waals surface area contributed by atoms with Crippen molar-refractivity contribution >= 4 is 23.2 Å². The third-order valence-corrected chi connectivity index (χ3v) is 9.56. The molecular formula is C32H38N6O6S. The van der Waals surface area contributed by atoms with E-state index in [-0.39, 0.29) is 30.3 Å². The lowest BCUT2D eigenvalue weighted by Crippen LogP contribution is -2.40. The van der Waals surface area contributed by atoms with Crippen molar-refractivity contribution in [1.29, 1.82) is 0 Å². The van der Waals surface area contributed by atoms with Crippen LogP contribution < -0.4 is 4.74 Å². The molecule has 0 radical (unpaired) electrons. The van der Waals surface area contributed by atoms with Crippen LogP contribution >= 0.6 is 11.3 Å². The number of β-amino-alcohol motifs (C(OH)–C–C–N with tert-alkyl or cyclic N) is 1. The van der Waals surface area contributed by atoms with Crippen molar-refractivity contribution in [2.24, 2.45) is 5.92 Å². The second-order valence-electron chi connectivity index (χ2n) is 12.0. The summed E-state index contributed by atoms with van der Waals surface area (Å²) in [5.41, 5.74) is 5.26. The fraction of sp³-hybridized carbons (Fsp3) is 0.469. The Morgan fingerprint density at radius 3 is 2.69 bits per heavy atom. The predicted molar refractivity (Wildman–Crippen MR) is 166 cm³/mol. The molecule has 6 rings (SSSR count). The molecule has 2 N–H and O–H groups in total. The summed E-state index contributed by atoms with van der Waals surface area (Å²) in [5, 5.41) is 14.5. The van der Waals surface area contributed by atoms with Gasteiger partial charge in [-0.2, -0.15) is 0 Å². The van der Waals surface area contributed by atoms with Crippen LogP contribution in [0.4, 0.5) is 0 Å². The number of carbonyl (C=O) groups excluding carboxylic acids is 2. The van der Waals surface area contributed by atoms with E-state index in [4.69, 9.17) is 14.0 Å². The Bertz CT molecular complexity index is 1620. The van der Waals surface area contributed by atoms with Crippen LogP contribution in [-0.2, 0) is 16.1 Å². The van der Waals surface area contributed by atoms with Gasteiger partial charge in [0.25, 0.3) is 11.8 Å². The Balaban J connectivity index is 1.22. The first-order valence-electron chi connectivity index (χ1n) is 15.2. The van der Waals surface area contributed by atoms with Gasteiger partial charge in [0.15, 0.2) is 5.76 Å². The Hall–Kier alpha value is -4.07. The molecule has 2 saturated heterocycles. The summed E-state index contributed by atoms with van der Waals surface area (Å²) in [7, 11) is 1.48. The lowest BCUT2D eigenvalue weighted by atomic mass is 9.91. The van der Waals surface area contributed by atoms with Crippen molar-refractivity contribution in [1.82, 2.24) is 29.9 Å². The van der Waals surface area contributed by atoms with Crippen LogP contribution in [0, 0.1) is 12.8 Å². The lowest BCUT2D eigenvalue weighted by molar-refractivity contribution is -0.135. The van der Waals surface area contributed by atoms with E-state index in [9.17, 15) is 14.7 Å². The quantitative estimate of drug-likeness (QED) is 0.260. The number of ether oxygens (including phenoxy) is 2. The first-order chi connectivity index (χ1) is 21.7. The van der Waals surface area contributed by atoms with E-state index < -0.39 is 18.1 Å². The van der Waals surface area contributed by atoms with E-state index in [0.717, 1.165) is 28.1 Å². The number of nitrogens with zero attached hydrogens (tertiary/aromatic N) is 5. The minimum Gasteiger partial charge on any atom is -0.479 e. The van der Waals surface area contributed by atoms with Crippen LogP contribution in [-0.4, -0.2) is 85.8 Å². The molecule has 2 aliphatic heterocycles. The number of likely N-dealkylation sites (tertiary alicyclic amines) is 1. The van der Waals surface area contributed by atoms with Gasteiger partial charge in [0, 0.05) is 32.2 Å². The number of methoxy groups -OCH3 is 1. The fourth-order valence-electron chi connectivity index (χ4n) is 6.19. The number of H-pyrrole nitrogens is 1. The van der Waals surface area contributed by atoms with E-state index in [0.29, 0.717) is 49.3 Å². The number of rotatable bonds is 10. The molecular weight excluding hydrogens is 596 g/mol. The number of aromatic nitrogens is 4. The second-order valence-corrected chi connectivity index (χ2v) is 12.8. The van der Waals surface area contributed by atoms with Gasteiger partial charge in [-0.05, 0) is 35.5 Å². The molecule has 238 valence electrons. The first-order valence-corrected chi connectivity index (χ1v) is 16.0. The van der Waals surface area contributed by atoms with Crippen LogP contribution in [0.15, 0.2) is 46.6 Å². The van der Waals surface area contributed by atoms with Crippen molar-refractivity contribution in [2.75, 3.05) is 26.9 Å². The highest BCUT2D eigenvalue weighted by molar-refractivity contribution is 7.13. The molecule has 2 aliphatic rings. The van der Waals surface area contributed by atoms with Gasteiger partial charge in [0.2, 0.25) is 5.91 Å². The molecule has 1 aromatic carbocycles. The average Bonchev–Trinajstić information content (AvgIpc) is 3.86. The van der Waals surface area contributed by atoms with Crippen LogP contribution in [0.2, 0.25) is 0 Å². The van der Waals surface area contributed by atoms with E-state index >= 15 is 0 Å². The Morgan fingerprint density at radius 2 is 2.04 bits per heavy atom. The number of amides is 2. The lowest BCUT2D eigenvalue weighted by Gasteiger charge is -2.29. The van der Waals surface area contributed by atoms with Gasteiger partial charge in [-0.25, -0.2) is 9.97 Å². The predicted octanol–water partition coefficient (Wildman–Crippen LogP) is 4.34. The van der Waals surface area contributed by atoms with Crippen molar-refractivity contribution in [3.8, 4) is 16.3 Å². The number of aliphatic hydroxyl groups is 1. The maximum absolute atomic E-state index is 14.0. The number of aromatic amines is 1. The number of aryl methyl sites for hydroxylation is 1. The average molecular weight is 635 g/mol. The summed E-state index contributed by atoms with van der Waals surface area (Å²) < 4.78 is 16.2. The van der Waals surface area contributed by atoms with Gasteiger partial charge in [0.05, 0.1) is 54.2 Å². The summed E-state index contributed by atoms with van der Waals surface area (Å²) in [6.45, 7) is 7.46. The van der Waals surface area contributed by atoms with Gasteiger partial charge in [-0.1, -0.05) is 38.1 Å². The molecule has 0 spiro atoms. The summed E-state index contributed by atoms with van der Waals surface area (Å²) >= 11 is 1.61. The third-order valence-electron chi connectivity index (χ3n) is 8.58.